The summed E-state index contributed by atoms with van der Waals surface area (Å²) >= 11 is 6.34. The molecule has 0 bridgehead atoms. The van der Waals surface area contributed by atoms with Crippen LogP contribution in [0.15, 0.2) is 53.4 Å². The van der Waals surface area contributed by atoms with Gasteiger partial charge in [-0.25, -0.2) is 8.42 Å². The molecule has 6 nitrogen and oxygen atoms in total. The number of carbonyl (C=O) groups is 1. The molecule has 2 aromatic carbocycles. The molecule has 3 rings (SSSR count). The maximum Gasteiger partial charge on any atom is 0.253 e. The summed E-state index contributed by atoms with van der Waals surface area (Å²) < 4.78 is 26.7. The summed E-state index contributed by atoms with van der Waals surface area (Å²) in [4.78, 5) is 17.3. The molecule has 8 heteroatoms. The van der Waals surface area contributed by atoms with Crippen molar-refractivity contribution in [1.29, 1.82) is 0 Å². The van der Waals surface area contributed by atoms with Gasteiger partial charge in [-0.15, -0.1) is 0 Å². The molecule has 1 aliphatic rings. The Bertz CT molecular complexity index is 999. The van der Waals surface area contributed by atoms with Gasteiger partial charge in [0.25, 0.3) is 5.91 Å². The third kappa shape index (κ3) is 5.12. The fourth-order valence-electron chi connectivity index (χ4n) is 3.99. The number of hydrogen-bond donors (Lipinski definition) is 0. The number of carbonyl (C=O) groups excluding carboxylic acids is 1. The topological polar surface area (TPSA) is 60.9 Å². The van der Waals surface area contributed by atoms with E-state index in [4.69, 9.17) is 11.6 Å². The van der Waals surface area contributed by atoms with Gasteiger partial charge in [0.1, 0.15) is 0 Å². The lowest BCUT2D eigenvalue weighted by Gasteiger charge is -2.38. The third-order valence-corrected chi connectivity index (χ3v) is 8.36. The predicted octanol–water partition coefficient (Wildman–Crippen LogP) is 3.89. The number of hydrogen-bond acceptors (Lipinski definition) is 4. The van der Waals surface area contributed by atoms with E-state index < -0.39 is 10.0 Å². The lowest BCUT2D eigenvalue weighted by Crippen LogP contribution is -2.49. The van der Waals surface area contributed by atoms with Crippen LogP contribution in [0.4, 0.5) is 0 Å². The van der Waals surface area contributed by atoms with E-state index in [-0.39, 0.29) is 16.8 Å². The van der Waals surface area contributed by atoms with Crippen molar-refractivity contribution < 1.29 is 13.2 Å². The van der Waals surface area contributed by atoms with E-state index in [2.05, 4.69) is 11.8 Å². The summed E-state index contributed by atoms with van der Waals surface area (Å²) in [5.74, 6) is -0.0724. The molecule has 0 saturated carbocycles. The van der Waals surface area contributed by atoms with Crippen LogP contribution in [0.2, 0.25) is 5.02 Å². The molecule has 0 radical (unpaired) electrons. The molecule has 0 aliphatic carbocycles. The molecule has 1 heterocycles. The Morgan fingerprint density at radius 3 is 2.13 bits per heavy atom. The van der Waals surface area contributed by atoms with Gasteiger partial charge >= 0.3 is 0 Å². The van der Waals surface area contributed by atoms with Crippen molar-refractivity contribution in [3.63, 3.8) is 0 Å². The average Bonchev–Trinajstić information content (AvgIpc) is 2.79. The Hall–Kier alpha value is -1.93. The normalized spacial score (nSPS) is 16.5. The van der Waals surface area contributed by atoms with Gasteiger partial charge in [0, 0.05) is 55.9 Å². The van der Waals surface area contributed by atoms with Crippen LogP contribution in [0.1, 0.15) is 42.7 Å². The zero-order chi connectivity index (χ0) is 22.6. The van der Waals surface area contributed by atoms with E-state index >= 15 is 0 Å². The molecule has 0 aromatic heterocycles. The molecular formula is C23H30ClN3O3S. The smallest absolute Gasteiger partial charge is 0.253 e. The van der Waals surface area contributed by atoms with Crippen molar-refractivity contribution in [3.05, 3.63) is 64.7 Å². The number of amides is 1. The maximum atomic E-state index is 12.9. The Morgan fingerprint density at radius 2 is 1.58 bits per heavy atom. The number of benzene rings is 2. The summed E-state index contributed by atoms with van der Waals surface area (Å²) in [6.07, 6.45) is 0. The third-order valence-electron chi connectivity index (χ3n) is 5.95. The number of halogens is 1. The van der Waals surface area contributed by atoms with Crippen molar-refractivity contribution in [2.24, 2.45) is 0 Å². The Kier molecular flexibility index (Phi) is 7.75. The quantitative estimate of drug-likeness (QED) is 0.625. The minimum absolute atomic E-state index is 0.0724. The number of nitrogens with zero attached hydrogens (tertiary/aromatic N) is 3. The van der Waals surface area contributed by atoms with Crippen LogP contribution in [-0.4, -0.2) is 67.7 Å². The summed E-state index contributed by atoms with van der Waals surface area (Å²) in [6.45, 7) is 9.33. The van der Waals surface area contributed by atoms with Gasteiger partial charge in [0.15, 0.2) is 0 Å². The SMILES string of the molecule is CCN(CC)S(=O)(=O)c1ccc(C(=O)N2CCN(C(C)c3ccccc3Cl)CC2)cc1. The van der Waals surface area contributed by atoms with Gasteiger partial charge in [0.2, 0.25) is 10.0 Å². The van der Waals surface area contributed by atoms with Crippen LogP contribution in [-0.2, 0) is 10.0 Å². The van der Waals surface area contributed by atoms with E-state index in [1.165, 1.54) is 16.4 Å². The van der Waals surface area contributed by atoms with Crippen LogP contribution in [0.3, 0.4) is 0 Å². The molecule has 1 saturated heterocycles. The molecule has 0 N–H and O–H groups in total. The average molecular weight is 464 g/mol. The van der Waals surface area contributed by atoms with Gasteiger partial charge in [-0.3, -0.25) is 9.69 Å². The zero-order valence-electron chi connectivity index (χ0n) is 18.3. The van der Waals surface area contributed by atoms with Crippen molar-refractivity contribution in [1.82, 2.24) is 14.1 Å². The highest BCUT2D eigenvalue weighted by molar-refractivity contribution is 7.89. The first-order chi connectivity index (χ1) is 14.8. The van der Waals surface area contributed by atoms with Gasteiger partial charge in [0.05, 0.1) is 4.90 Å². The van der Waals surface area contributed by atoms with Crippen molar-refractivity contribution in [2.45, 2.75) is 31.7 Å². The molecule has 0 spiro atoms. The number of piperazine rings is 1. The van der Waals surface area contributed by atoms with Crippen LogP contribution in [0.5, 0.6) is 0 Å². The lowest BCUT2D eigenvalue weighted by atomic mass is 10.1. The van der Waals surface area contributed by atoms with E-state index in [0.29, 0.717) is 31.7 Å². The van der Waals surface area contributed by atoms with Crippen molar-refractivity contribution in [3.8, 4) is 0 Å². The molecule has 1 atom stereocenters. The van der Waals surface area contributed by atoms with E-state index in [0.717, 1.165) is 23.7 Å². The fourth-order valence-corrected chi connectivity index (χ4v) is 5.74. The van der Waals surface area contributed by atoms with Crippen LogP contribution >= 0.6 is 11.6 Å². The monoisotopic (exact) mass is 463 g/mol. The molecule has 1 aliphatic heterocycles. The van der Waals surface area contributed by atoms with Crippen molar-refractivity contribution in [2.75, 3.05) is 39.3 Å². The molecule has 1 amide bonds. The highest BCUT2D eigenvalue weighted by Crippen LogP contribution is 2.28. The Labute approximate surface area is 190 Å². The van der Waals surface area contributed by atoms with Crippen LogP contribution in [0, 0.1) is 0 Å². The van der Waals surface area contributed by atoms with Crippen molar-refractivity contribution >= 4 is 27.5 Å². The number of rotatable bonds is 7. The first-order valence-electron chi connectivity index (χ1n) is 10.7. The van der Waals surface area contributed by atoms with E-state index in [1.54, 1.807) is 12.1 Å². The molecule has 1 unspecified atom stereocenters. The Morgan fingerprint density at radius 1 is 1.00 bits per heavy atom. The fraction of sp³-hybridized carbons (Fsp3) is 0.435. The highest BCUT2D eigenvalue weighted by Gasteiger charge is 2.27. The maximum absolute atomic E-state index is 12.9. The summed E-state index contributed by atoms with van der Waals surface area (Å²) in [5.41, 5.74) is 1.60. The predicted molar refractivity (Wildman–Crippen MR) is 124 cm³/mol. The van der Waals surface area contributed by atoms with Crippen LogP contribution in [0.25, 0.3) is 0 Å². The summed E-state index contributed by atoms with van der Waals surface area (Å²) in [7, 11) is -3.52. The first-order valence-corrected chi connectivity index (χ1v) is 12.5. The largest absolute Gasteiger partial charge is 0.336 e. The Balaban J connectivity index is 1.64. The zero-order valence-corrected chi connectivity index (χ0v) is 19.9. The van der Waals surface area contributed by atoms with E-state index in [1.807, 2.05) is 43.0 Å². The molecule has 168 valence electrons. The standard InChI is InChI=1S/C23H30ClN3O3S/c1-4-27(5-2)31(29,30)20-12-10-19(11-13-20)23(28)26-16-14-25(15-17-26)18(3)21-8-6-7-9-22(21)24/h6-13,18H,4-5,14-17H2,1-3H3. The minimum atomic E-state index is -3.52. The molecule has 31 heavy (non-hydrogen) atoms. The van der Waals surface area contributed by atoms with E-state index in [9.17, 15) is 13.2 Å². The number of sulfonamides is 1. The molecular weight excluding hydrogens is 434 g/mol. The van der Waals surface area contributed by atoms with Gasteiger partial charge in [-0.1, -0.05) is 43.6 Å². The van der Waals surface area contributed by atoms with Gasteiger partial charge in [-0.2, -0.15) is 4.31 Å². The molecule has 2 aromatic rings. The summed E-state index contributed by atoms with van der Waals surface area (Å²) in [5, 5.41) is 0.758. The van der Waals surface area contributed by atoms with Crippen LogP contribution < -0.4 is 0 Å². The molecule has 1 fully saturated rings. The summed E-state index contributed by atoms with van der Waals surface area (Å²) in [6, 6.07) is 14.3. The second-order valence-electron chi connectivity index (χ2n) is 7.64. The second kappa shape index (κ2) is 10.1. The minimum Gasteiger partial charge on any atom is -0.336 e. The second-order valence-corrected chi connectivity index (χ2v) is 9.98. The lowest BCUT2D eigenvalue weighted by molar-refractivity contribution is 0.0582. The van der Waals surface area contributed by atoms with Gasteiger partial charge < -0.3 is 4.90 Å². The van der Waals surface area contributed by atoms with Gasteiger partial charge in [-0.05, 0) is 42.8 Å². The first kappa shape index (κ1) is 23.7. The highest BCUT2D eigenvalue weighted by atomic mass is 35.5.